The molecule has 29 heavy (non-hydrogen) atoms. The minimum Gasteiger partial charge on any atom is -0.506 e. The number of rotatable bonds is 4. The molecule has 0 aliphatic carbocycles. The molecule has 1 N–H and O–H groups in total. The van der Waals surface area contributed by atoms with Crippen molar-refractivity contribution >= 4 is 22.3 Å². The van der Waals surface area contributed by atoms with Gasteiger partial charge in [0.1, 0.15) is 11.3 Å². The Labute approximate surface area is 170 Å². The second-order valence-electron chi connectivity index (χ2n) is 6.68. The van der Waals surface area contributed by atoms with E-state index in [0.29, 0.717) is 5.52 Å². The van der Waals surface area contributed by atoms with E-state index in [1.54, 1.807) is 24.4 Å². The molecule has 0 amide bonds. The second-order valence-corrected chi connectivity index (χ2v) is 6.68. The van der Waals surface area contributed by atoms with Crippen LogP contribution >= 0.6 is 0 Å². The first-order valence-electron chi connectivity index (χ1n) is 9.89. The first kappa shape index (κ1) is 20.5. The maximum atomic E-state index is 10.8. The first-order valence-corrected chi connectivity index (χ1v) is 9.89. The van der Waals surface area contributed by atoms with Gasteiger partial charge in [-0.05, 0) is 29.8 Å². The van der Waals surface area contributed by atoms with Gasteiger partial charge in [-0.15, -0.1) is 0 Å². The number of piperazine rings is 1. The van der Waals surface area contributed by atoms with Crippen molar-refractivity contribution < 1.29 is 10.0 Å². The molecule has 0 radical (unpaired) electrons. The number of nitro groups is 1. The molecule has 0 spiro atoms. The number of aromatic nitrogens is 1. The van der Waals surface area contributed by atoms with Crippen molar-refractivity contribution in [2.45, 2.75) is 20.4 Å². The number of hydrogen-bond donors (Lipinski definition) is 1. The lowest BCUT2D eigenvalue weighted by atomic mass is 10.1. The maximum Gasteiger partial charge on any atom is 0.269 e. The molecule has 0 bridgehead atoms. The molecule has 2 heterocycles. The molecule has 1 aliphatic heterocycles. The van der Waals surface area contributed by atoms with Gasteiger partial charge in [-0.2, -0.15) is 0 Å². The van der Waals surface area contributed by atoms with Crippen molar-refractivity contribution in [3.8, 4) is 5.75 Å². The molecular weight excluding hydrogens is 368 g/mol. The summed E-state index contributed by atoms with van der Waals surface area (Å²) in [6, 6.07) is 14.3. The van der Waals surface area contributed by atoms with Gasteiger partial charge in [-0.3, -0.25) is 20.0 Å². The molecule has 4 rings (SSSR count). The summed E-state index contributed by atoms with van der Waals surface area (Å²) < 4.78 is 0. The SMILES string of the molecule is CC.O=[N+]([O-])c1ccc(N2CCN(Cc3ccc(O)c4ncccc34)CC2)cc1. The molecule has 0 saturated carbocycles. The third-order valence-corrected chi connectivity index (χ3v) is 5.03. The Bertz CT molecular complexity index is 967. The van der Waals surface area contributed by atoms with Crippen molar-refractivity contribution in [2.75, 3.05) is 31.1 Å². The van der Waals surface area contributed by atoms with Crippen LogP contribution in [0.3, 0.4) is 0 Å². The molecule has 3 aromatic rings. The van der Waals surface area contributed by atoms with Crippen molar-refractivity contribution in [1.29, 1.82) is 0 Å². The molecule has 0 atom stereocenters. The van der Waals surface area contributed by atoms with Gasteiger partial charge in [0, 0.05) is 62.1 Å². The Morgan fingerprint density at radius 2 is 1.72 bits per heavy atom. The summed E-state index contributed by atoms with van der Waals surface area (Å²) in [5.41, 5.74) is 2.92. The summed E-state index contributed by atoms with van der Waals surface area (Å²) in [6.45, 7) is 8.34. The van der Waals surface area contributed by atoms with E-state index >= 15 is 0 Å². The van der Waals surface area contributed by atoms with Gasteiger partial charge in [0.15, 0.2) is 0 Å². The first-order chi connectivity index (χ1) is 14.1. The molecule has 2 aromatic carbocycles. The maximum absolute atomic E-state index is 10.8. The number of benzene rings is 2. The van der Waals surface area contributed by atoms with E-state index in [-0.39, 0.29) is 16.4 Å². The van der Waals surface area contributed by atoms with E-state index in [4.69, 9.17) is 0 Å². The van der Waals surface area contributed by atoms with E-state index in [2.05, 4.69) is 14.8 Å². The zero-order valence-corrected chi connectivity index (χ0v) is 16.8. The Kier molecular flexibility index (Phi) is 6.61. The van der Waals surface area contributed by atoms with Crippen molar-refractivity contribution in [3.05, 3.63) is 70.4 Å². The summed E-state index contributed by atoms with van der Waals surface area (Å²) in [4.78, 5) is 19.3. The largest absolute Gasteiger partial charge is 0.506 e. The van der Waals surface area contributed by atoms with Crippen LogP contribution in [0.2, 0.25) is 0 Å². The van der Waals surface area contributed by atoms with E-state index in [9.17, 15) is 15.2 Å². The van der Waals surface area contributed by atoms with Gasteiger partial charge in [0.25, 0.3) is 5.69 Å². The van der Waals surface area contributed by atoms with Crippen molar-refractivity contribution in [3.63, 3.8) is 0 Å². The second kappa shape index (κ2) is 9.34. The topological polar surface area (TPSA) is 82.7 Å². The number of non-ortho nitro benzene ring substituents is 1. The monoisotopic (exact) mass is 394 g/mol. The summed E-state index contributed by atoms with van der Waals surface area (Å²) in [7, 11) is 0. The van der Waals surface area contributed by atoms with Crippen LogP contribution in [-0.2, 0) is 6.54 Å². The summed E-state index contributed by atoms with van der Waals surface area (Å²) in [5.74, 6) is 0.206. The lowest BCUT2D eigenvalue weighted by Gasteiger charge is -2.36. The minimum absolute atomic E-state index is 0.116. The summed E-state index contributed by atoms with van der Waals surface area (Å²) in [5, 5.41) is 21.8. The average molecular weight is 394 g/mol. The number of anilines is 1. The molecule has 7 nitrogen and oxygen atoms in total. The molecule has 152 valence electrons. The highest BCUT2D eigenvalue weighted by atomic mass is 16.6. The predicted octanol–water partition coefficient (Wildman–Crippen LogP) is 4.20. The van der Waals surface area contributed by atoms with Crippen molar-refractivity contribution in [2.24, 2.45) is 0 Å². The molecule has 1 fully saturated rings. The number of aromatic hydroxyl groups is 1. The van der Waals surface area contributed by atoms with Gasteiger partial charge in [-0.1, -0.05) is 26.0 Å². The van der Waals surface area contributed by atoms with Gasteiger partial charge in [0.05, 0.1) is 4.92 Å². The molecular formula is C22H26N4O3. The third-order valence-electron chi connectivity index (χ3n) is 5.03. The Morgan fingerprint density at radius 3 is 2.38 bits per heavy atom. The van der Waals surface area contributed by atoms with E-state index in [1.807, 2.05) is 44.2 Å². The van der Waals surface area contributed by atoms with Gasteiger partial charge >= 0.3 is 0 Å². The van der Waals surface area contributed by atoms with Crippen LogP contribution < -0.4 is 4.90 Å². The zero-order valence-electron chi connectivity index (χ0n) is 16.8. The Balaban J connectivity index is 0.00000117. The standard InChI is InChI=1S/C20H20N4O3.C2H6/c25-19-8-3-15(18-2-1-9-21-20(18)19)14-22-10-12-23(13-11-22)16-4-6-17(7-5-16)24(26)27;1-2/h1-9,25H,10-14H2;1-2H3. The van der Waals surface area contributed by atoms with Crippen molar-refractivity contribution in [1.82, 2.24) is 9.88 Å². The van der Waals surface area contributed by atoms with E-state index in [1.165, 1.54) is 0 Å². The van der Waals surface area contributed by atoms with Crippen LogP contribution in [0, 0.1) is 10.1 Å². The summed E-state index contributed by atoms with van der Waals surface area (Å²) in [6.07, 6.45) is 1.69. The fraction of sp³-hybridized carbons (Fsp3) is 0.318. The van der Waals surface area contributed by atoms with Crippen LogP contribution in [-0.4, -0.2) is 46.1 Å². The number of nitro benzene ring substituents is 1. The number of phenolic OH excluding ortho intramolecular Hbond substituents is 1. The number of nitrogens with zero attached hydrogens (tertiary/aromatic N) is 4. The number of fused-ring (bicyclic) bond motifs is 1. The highest BCUT2D eigenvalue weighted by molar-refractivity contribution is 5.87. The zero-order chi connectivity index (χ0) is 20.8. The number of hydrogen-bond acceptors (Lipinski definition) is 6. The third kappa shape index (κ3) is 4.63. The van der Waals surface area contributed by atoms with Crippen LogP contribution in [0.25, 0.3) is 10.9 Å². The van der Waals surface area contributed by atoms with E-state index in [0.717, 1.165) is 49.4 Å². The van der Waals surface area contributed by atoms with Crippen LogP contribution in [0.4, 0.5) is 11.4 Å². The highest BCUT2D eigenvalue weighted by Crippen LogP contribution is 2.27. The van der Waals surface area contributed by atoms with Crippen LogP contribution in [0.15, 0.2) is 54.7 Å². The van der Waals surface area contributed by atoms with E-state index < -0.39 is 0 Å². The number of phenols is 1. The van der Waals surface area contributed by atoms with Gasteiger partial charge < -0.3 is 10.0 Å². The predicted molar refractivity (Wildman–Crippen MR) is 115 cm³/mol. The molecule has 7 heteroatoms. The minimum atomic E-state index is -0.376. The van der Waals surface area contributed by atoms with Gasteiger partial charge in [0.2, 0.25) is 0 Å². The lowest BCUT2D eigenvalue weighted by Crippen LogP contribution is -2.45. The molecule has 1 aromatic heterocycles. The highest BCUT2D eigenvalue weighted by Gasteiger charge is 2.19. The fourth-order valence-corrected chi connectivity index (χ4v) is 3.54. The smallest absolute Gasteiger partial charge is 0.269 e. The van der Waals surface area contributed by atoms with Gasteiger partial charge in [-0.25, -0.2) is 0 Å². The number of pyridine rings is 1. The van der Waals surface area contributed by atoms with Crippen LogP contribution in [0.1, 0.15) is 19.4 Å². The normalized spacial score (nSPS) is 14.3. The van der Waals surface area contributed by atoms with Crippen LogP contribution in [0.5, 0.6) is 5.75 Å². The molecule has 1 saturated heterocycles. The fourth-order valence-electron chi connectivity index (χ4n) is 3.54. The lowest BCUT2D eigenvalue weighted by molar-refractivity contribution is -0.384. The Morgan fingerprint density at radius 1 is 1.03 bits per heavy atom. The average Bonchev–Trinajstić information content (AvgIpc) is 2.78. The molecule has 1 aliphatic rings. The quantitative estimate of drug-likeness (QED) is 0.528. The Hall–Kier alpha value is -3.19. The summed E-state index contributed by atoms with van der Waals surface area (Å²) >= 11 is 0. The molecule has 0 unspecified atom stereocenters.